The number of fused-ring (bicyclic) bond motifs is 2. The largest absolute Gasteiger partial charge is 0.478 e. The van der Waals surface area contributed by atoms with Crippen LogP contribution in [0.1, 0.15) is 45.6 Å². The van der Waals surface area contributed by atoms with Crippen LogP contribution in [0.25, 0.3) is 0 Å². The van der Waals surface area contributed by atoms with E-state index < -0.39 is 12.1 Å². The van der Waals surface area contributed by atoms with Crippen LogP contribution in [0.5, 0.6) is 5.75 Å². The van der Waals surface area contributed by atoms with Crippen molar-refractivity contribution < 1.29 is 23.9 Å². The first kappa shape index (κ1) is 19.4. The standard InChI is InChI=1S/C21H22N2O5S/c1-11-7-8-14-13(9-11)22-19(25)15(28-14)10-17(24)23-20-18(21(26)27-2)12-5-3-4-6-16(12)29-20/h7-9,15H,3-6,10H2,1-2H3,(H,22,25)(H,23,24). The fourth-order valence-corrected chi connectivity index (χ4v) is 5.01. The molecule has 1 atom stereocenters. The lowest BCUT2D eigenvalue weighted by molar-refractivity contribution is -0.128. The van der Waals surface area contributed by atoms with Crippen molar-refractivity contribution in [2.45, 2.75) is 45.1 Å². The van der Waals surface area contributed by atoms with Gasteiger partial charge in [-0.25, -0.2) is 4.79 Å². The molecule has 2 heterocycles. The van der Waals surface area contributed by atoms with Crippen molar-refractivity contribution in [2.24, 2.45) is 0 Å². The highest BCUT2D eigenvalue weighted by Crippen LogP contribution is 2.39. The Bertz CT molecular complexity index is 997. The van der Waals surface area contributed by atoms with Gasteiger partial charge < -0.3 is 20.1 Å². The number of carbonyl (C=O) groups is 3. The molecule has 0 saturated carbocycles. The van der Waals surface area contributed by atoms with E-state index in [-0.39, 0.29) is 18.2 Å². The molecule has 2 aliphatic rings. The molecule has 1 unspecified atom stereocenters. The normalized spacial score (nSPS) is 17.4. The van der Waals surface area contributed by atoms with Gasteiger partial charge >= 0.3 is 5.97 Å². The smallest absolute Gasteiger partial charge is 0.341 e. The molecule has 0 saturated heterocycles. The van der Waals surface area contributed by atoms with Gasteiger partial charge in [-0.15, -0.1) is 11.3 Å². The third-order valence-corrected chi connectivity index (χ3v) is 6.35. The monoisotopic (exact) mass is 414 g/mol. The molecule has 152 valence electrons. The van der Waals surface area contributed by atoms with Gasteiger partial charge in [0.1, 0.15) is 10.8 Å². The summed E-state index contributed by atoms with van der Waals surface area (Å²) in [5, 5.41) is 6.07. The Morgan fingerprint density at radius 2 is 2.10 bits per heavy atom. The highest BCUT2D eigenvalue weighted by atomic mass is 32.1. The first-order chi connectivity index (χ1) is 14.0. The summed E-state index contributed by atoms with van der Waals surface area (Å²) in [5.74, 6) is -0.660. The van der Waals surface area contributed by atoms with E-state index in [9.17, 15) is 14.4 Å². The highest BCUT2D eigenvalue weighted by Gasteiger charge is 2.31. The molecule has 2 amide bonds. The summed E-state index contributed by atoms with van der Waals surface area (Å²) in [7, 11) is 1.33. The van der Waals surface area contributed by atoms with Crippen LogP contribution in [-0.2, 0) is 27.2 Å². The fourth-order valence-electron chi connectivity index (χ4n) is 3.72. The Morgan fingerprint density at radius 3 is 2.90 bits per heavy atom. The molecular weight excluding hydrogens is 392 g/mol. The number of nitrogens with one attached hydrogen (secondary N) is 2. The van der Waals surface area contributed by atoms with Crippen LogP contribution >= 0.6 is 11.3 Å². The Kier molecular flexibility index (Phi) is 5.27. The van der Waals surface area contributed by atoms with Crippen molar-refractivity contribution in [2.75, 3.05) is 17.7 Å². The summed E-state index contributed by atoms with van der Waals surface area (Å²) in [4.78, 5) is 38.4. The maximum absolute atomic E-state index is 12.7. The SMILES string of the molecule is COC(=O)c1c(NC(=O)CC2Oc3ccc(C)cc3NC2=O)sc2c1CCCC2. The van der Waals surface area contributed by atoms with E-state index in [1.807, 2.05) is 19.1 Å². The molecular formula is C21H22N2O5S. The number of hydrogen-bond donors (Lipinski definition) is 2. The van der Waals surface area contributed by atoms with Crippen LogP contribution in [0.4, 0.5) is 10.7 Å². The molecule has 0 fully saturated rings. The van der Waals surface area contributed by atoms with Crippen LogP contribution in [0.2, 0.25) is 0 Å². The number of aryl methyl sites for hydroxylation is 2. The summed E-state index contributed by atoms with van der Waals surface area (Å²) < 4.78 is 10.7. The van der Waals surface area contributed by atoms with Gasteiger partial charge in [0, 0.05) is 4.88 Å². The molecule has 1 aliphatic heterocycles. The lowest BCUT2D eigenvalue weighted by Crippen LogP contribution is -2.39. The van der Waals surface area contributed by atoms with Crippen LogP contribution in [0.15, 0.2) is 18.2 Å². The number of thiophene rings is 1. The number of benzene rings is 1. The Morgan fingerprint density at radius 1 is 1.31 bits per heavy atom. The van der Waals surface area contributed by atoms with Crippen LogP contribution in [-0.4, -0.2) is 31.0 Å². The van der Waals surface area contributed by atoms with E-state index in [0.717, 1.165) is 41.7 Å². The second-order valence-electron chi connectivity index (χ2n) is 7.25. The molecule has 0 spiro atoms. The Hall–Kier alpha value is -2.87. The summed E-state index contributed by atoms with van der Waals surface area (Å²) in [6, 6.07) is 5.48. The molecule has 29 heavy (non-hydrogen) atoms. The van der Waals surface area contributed by atoms with Gasteiger partial charge in [-0.2, -0.15) is 0 Å². The number of methoxy groups -OCH3 is 1. The Labute approximate surface area is 172 Å². The zero-order chi connectivity index (χ0) is 20.5. The average Bonchev–Trinajstić information content (AvgIpc) is 3.05. The quantitative estimate of drug-likeness (QED) is 0.748. The topological polar surface area (TPSA) is 93.7 Å². The number of carbonyl (C=O) groups excluding carboxylic acids is 3. The van der Waals surface area contributed by atoms with Crippen molar-refractivity contribution in [3.8, 4) is 5.75 Å². The molecule has 8 heteroatoms. The van der Waals surface area contributed by atoms with E-state index in [1.165, 1.54) is 18.4 Å². The first-order valence-corrected chi connectivity index (χ1v) is 10.4. The summed E-state index contributed by atoms with van der Waals surface area (Å²) in [5.41, 5.74) is 3.01. The van der Waals surface area contributed by atoms with Gasteiger partial charge in [-0.1, -0.05) is 6.07 Å². The third kappa shape index (κ3) is 3.85. The maximum Gasteiger partial charge on any atom is 0.341 e. The van der Waals surface area contributed by atoms with Crippen LogP contribution in [0.3, 0.4) is 0 Å². The minimum Gasteiger partial charge on any atom is -0.478 e. The maximum atomic E-state index is 12.7. The van der Waals surface area contributed by atoms with E-state index in [1.54, 1.807) is 6.07 Å². The zero-order valence-corrected chi connectivity index (χ0v) is 17.1. The average molecular weight is 414 g/mol. The van der Waals surface area contributed by atoms with Crippen molar-refractivity contribution in [3.05, 3.63) is 39.8 Å². The molecule has 0 bridgehead atoms. The predicted molar refractivity (Wildman–Crippen MR) is 110 cm³/mol. The number of anilines is 2. The molecule has 0 radical (unpaired) electrons. The second kappa shape index (κ2) is 7.87. The summed E-state index contributed by atoms with van der Waals surface area (Å²) in [6.07, 6.45) is 2.69. The Balaban J connectivity index is 1.50. The van der Waals surface area contributed by atoms with Gasteiger partial charge in [0.25, 0.3) is 5.91 Å². The van der Waals surface area contributed by atoms with Gasteiger partial charge in [0.2, 0.25) is 5.91 Å². The molecule has 1 aromatic heterocycles. The van der Waals surface area contributed by atoms with Crippen molar-refractivity contribution >= 4 is 39.8 Å². The molecule has 7 nitrogen and oxygen atoms in total. The molecule has 4 rings (SSSR count). The molecule has 2 aromatic rings. The van der Waals surface area contributed by atoms with Gasteiger partial charge in [0.05, 0.1) is 24.8 Å². The predicted octanol–water partition coefficient (Wildman–Crippen LogP) is 3.45. The minimum absolute atomic E-state index is 0.150. The third-order valence-electron chi connectivity index (χ3n) is 5.14. The minimum atomic E-state index is -0.929. The number of hydrogen-bond acceptors (Lipinski definition) is 6. The van der Waals surface area contributed by atoms with Gasteiger partial charge in [-0.05, 0) is 55.9 Å². The van der Waals surface area contributed by atoms with E-state index in [0.29, 0.717) is 22.0 Å². The van der Waals surface area contributed by atoms with E-state index in [4.69, 9.17) is 9.47 Å². The fraction of sp³-hybridized carbons (Fsp3) is 0.381. The lowest BCUT2D eigenvalue weighted by Gasteiger charge is -2.25. The zero-order valence-electron chi connectivity index (χ0n) is 16.3. The molecule has 1 aliphatic carbocycles. The summed E-state index contributed by atoms with van der Waals surface area (Å²) in [6.45, 7) is 1.92. The number of ether oxygens (including phenoxy) is 2. The van der Waals surface area contributed by atoms with Crippen molar-refractivity contribution in [1.82, 2.24) is 0 Å². The lowest BCUT2D eigenvalue weighted by atomic mass is 9.95. The van der Waals surface area contributed by atoms with Crippen molar-refractivity contribution in [1.29, 1.82) is 0 Å². The summed E-state index contributed by atoms with van der Waals surface area (Å²) >= 11 is 1.41. The van der Waals surface area contributed by atoms with E-state index in [2.05, 4.69) is 10.6 Å². The molecule has 2 N–H and O–H groups in total. The number of amides is 2. The first-order valence-electron chi connectivity index (χ1n) is 9.57. The van der Waals surface area contributed by atoms with Crippen LogP contribution < -0.4 is 15.4 Å². The molecule has 1 aromatic carbocycles. The van der Waals surface area contributed by atoms with Gasteiger partial charge in [0.15, 0.2) is 6.10 Å². The second-order valence-corrected chi connectivity index (χ2v) is 8.36. The highest BCUT2D eigenvalue weighted by molar-refractivity contribution is 7.17. The van der Waals surface area contributed by atoms with Gasteiger partial charge in [-0.3, -0.25) is 9.59 Å². The van der Waals surface area contributed by atoms with Crippen molar-refractivity contribution in [3.63, 3.8) is 0 Å². The van der Waals surface area contributed by atoms with Crippen LogP contribution in [0, 0.1) is 6.92 Å². The number of esters is 1. The number of rotatable bonds is 4. The van der Waals surface area contributed by atoms with E-state index >= 15 is 0 Å².